The highest BCUT2D eigenvalue weighted by molar-refractivity contribution is 6.12. The Morgan fingerprint density at radius 2 is 1.92 bits per heavy atom. The number of benzene rings is 2. The van der Waals surface area contributed by atoms with Crippen molar-refractivity contribution in [1.82, 2.24) is 4.90 Å². The minimum Gasteiger partial charge on any atom is -0.497 e. The summed E-state index contributed by atoms with van der Waals surface area (Å²) >= 11 is 0. The molecular weight excluding hydrogens is 334 g/mol. The number of fused-ring (bicyclic) bond motifs is 1. The molecule has 1 aliphatic heterocycles. The molecule has 7 nitrogen and oxygen atoms in total. The summed E-state index contributed by atoms with van der Waals surface area (Å²) in [5.41, 5.74) is 1.40. The Balaban J connectivity index is 1.83. The highest BCUT2D eigenvalue weighted by Crippen LogP contribution is 2.25. The number of nitrogens with one attached hydrogen (secondary N) is 1. The lowest BCUT2D eigenvalue weighted by atomic mass is 10.1. The van der Waals surface area contributed by atoms with E-state index < -0.39 is 0 Å². The zero-order valence-corrected chi connectivity index (χ0v) is 14.6. The largest absolute Gasteiger partial charge is 0.497 e. The van der Waals surface area contributed by atoms with Gasteiger partial charge in [-0.25, -0.2) is 0 Å². The van der Waals surface area contributed by atoms with E-state index in [1.807, 2.05) is 0 Å². The number of anilines is 2. The van der Waals surface area contributed by atoms with Gasteiger partial charge in [-0.3, -0.25) is 14.4 Å². The minimum absolute atomic E-state index is 0.0834. The van der Waals surface area contributed by atoms with Gasteiger partial charge in [0.05, 0.1) is 18.4 Å². The Labute approximate surface area is 151 Å². The SMILES string of the molecule is COc1cccc(NC(=O)CN2C(=O)CN(C)C(=O)c3ccccc32)c1. The van der Waals surface area contributed by atoms with Crippen LogP contribution in [-0.2, 0) is 9.59 Å². The van der Waals surface area contributed by atoms with Crippen LogP contribution in [0.4, 0.5) is 11.4 Å². The van der Waals surface area contributed by atoms with Gasteiger partial charge in [0, 0.05) is 18.8 Å². The van der Waals surface area contributed by atoms with Crippen molar-refractivity contribution in [3.63, 3.8) is 0 Å². The fourth-order valence-electron chi connectivity index (χ4n) is 2.81. The molecule has 0 bridgehead atoms. The first-order valence-corrected chi connectivity index (χ1v) is 8.08. The third-order valence-electron chi connectivity index (χ3n) is 4.10. The van der Waals surface area contributed by atoms with Gasteiger partial charge >= 0.3 is 0 Å². The van der Waals surface area contributed by atoms with Crippen LogP contribution in [0.2, 0.25) is 0 Å². The number of carbonyl (C=O) groups excluding carboxylic acids is 3. The Morgan fingerprint density at radius 3 is 2.69 bits per heavy atom. The molecule has 26 heavy (non-hydrogen) atoms. The Kier molecular flexibility index (Phi) is 4.88. The van der Waals surface area contributed by atoms with E-state index >= 15 is 0 Å². The number of rotatable bonds is 4. The van der Waals surface area contributed by atoms with E-state index in [-0.39, 0.29) is 30.8 Å². The first kappa shape index (κ1) is 17.5. The molecule has 0 atom stereocenters. The normalized spacial score (nSPS) is 13.9. The molecule has 2 aromatic carbocycles. The molecule has 0 aliphatic carbocycles. The van der Waals surface area contributed by atoms with Crippen LogP contribution in [0.1, 0.15) is 10.4 Å². The van der Waals surface area contributed by atoms with Crippen LogP contribution in [-0.4, -0.2) is 49.9 Å². The van der Waals surface area contributed by atoms with Crippen molar-refractivity contribution in [1.29, 1.82) is 0 Å². The molecule has 0 unspecified atom stereocenters. The maximum atomic E-state index is 12.6. The van der Waals surface area contributed by atoms with E-state index in [0.717, 1.165) is 0 Å². The number of carbonyl (C=O) groups is 3. The summed E-state index contributed by atoms with van der Waals surface area (Å²) in [7, 11) is 3.11. The summed E-state index contributed by atoms with van der Waals surface area (Å²) in [4.78, 5) is 40.1. The topological polar surface area (TPSA) is 79.0 Å². The molecule has 0 radical (unpaired) electrons. The number of methoxy groups -OCH3 is 1. The van der Waals surface area contributed by atoms with Gasteiger partial charge in [0.1, 0.15) is 18.8 Å². The van der Waals surface area contributed by atoms with Crippen LogP contribution in [0, 0.1) is 0 Å². The molecule has 0 saturated heterocycles. The third-order valence-corrected chi connectivity index (χ3v) is 4.10. The monoisotopic (exact) mass is 353 g/mol. The quantitative estimate of drug-likeness (QED) is 0.908. The lowest BCUT2D eigenvalue weighted by molar-refractivity contribution is -0.121. The standard InChI is InChI=1S/C19H19N3O4/c1-21-12-18(24)22(16-9-4-3-8-15(16)19(21)25)11-17(23)20-13-6-5-7-14(10-13)26-2/h3-10H,11-12H2,1-2H3,(H,20,23). The predicted molar refractivity (Wildman–Crippen MR) is 97.4 cm³/mol. The molecule has 3 amide bonds. The van der Waals surface area contributed by atoms with Crippen LogP contribution in [0.15, 0.2) is 48.5 Å². The molecule has 0 aromatic heterocycles. The number of ether oxygens (including phenoxy) is 1. The van der Waals surface area contributed by atoms with Gasteiger partial charge in [-0.1, -0.05) is 18.2 Å². The van der Waals surface area contributed by atoms with Gasteiger partial charge in [0.25, 0.3) is 5.91 Å². The van der Waals surface area contributed by atoms with E-state index in [1.165, 1.54) is 9.80 Å². The summed E-state index contributed by atoms with van der Waals surface area (Å²) in [6, 6.07) is 13.7. The van der Waals surface area contributed by atoms with Crippen molar-refractivity contribution in [3.05, 3.63) is 54.1 Å². The van der Waals surface area contributed by atoms with Crippen molar-refractivity contribution in [2.45, 2.75) is 0 Å². The van der Waals surface area contributed by atoms with E-state index in [0.29, 0.717) is 22.7 Å². The van der Waals surface area contributed by atoms with E-state index in [2.05, 4.69) is 5.32 Å². The van der Waals surface area contributed by atoms with Gasteiger partial charge in [-0.05, 0) is 24.3 Å². The van der Waals surface area contributed by atoms with Crippen LogP contribution < -0.4 is 15.0 Å². The van der Waals surface area contributed by atoms with Crippen molar-refractivity contribution in [3.8, 4) is 5.75 Å². The molecule has 0 saturated carbocycles. The molecule has 3 rings (SSSR count). The first-order valence-electron chi connectivity index (χ1n) is 8.08. The smallest absolute Gasteiger partial charge is 0.256 e. The number of nitrogens with zero attached hydrogens (tertiary/aromatic N) is 2. The Hall–Kier alpha value is -3.35. The second-order valence-corrected chi connectivity index (χ2v) is 5.94. The second-order valence-electron chi connectivity index (χ2n) is 5.94. The van der Waals surface area contributed by atoms with Crippen molar-refractivity contribution in [2.24, 2.45) is 0 Å². The number of likely N-dealkylation sites (N-methyl/N-ethyl adjacent to an activating group) is 1. The average molecular weight is 353 g/mol. The molecule has 0 fully saturated rings. The predicted octanol–water partition coefficient (Wildman–Crippen LogP) is 1.75. The summed E-state index contributed by atoms with van der Waals surface area (Å²) in [6.07, 6.45) is 0. The third kappa shape index (κ3) is 3.51. The molecule has 2 aromatic rings. The van der Waals surface area contributed by atoms with Crippen LogP contribution in [0.25, 0.3) is 0 Å². The van der Waals surface area contributed by atoms with Crippen molar-refractivity contribution < 1.29 is 19.1 Å². The summed E-state index contributed by atoms with van der Waals surface area (Å²) < 4.78 is 5.13. The molecule has 7 heteroatoms. The Morgan fingerprint density at radius 1 is 1.15 bits per heavy atom. The Bertz CT molecular complexity index is 865. The zero-order valence-electron chi connectivity index (χ0n) is 14.6. The van der Waals surface area contributed by atoms with Gasteiger partial charge in [-0.15, -0.1) is 0 Å². The molecule has 1 N–H and O–H groups in total. The van der Waals surface area contributed by atoms with E-state index in [4.69, 9.17) is 4.74 Å². The van der Waals surface area contributed by atoms with Gasteiger partial charge in [0.15, 0.2) is 0 Å². The molecule has 1 aliphatic rings. The molecule has 0 spiro atoms. The lowest BCUT2D eigenvalue weighted by Gasteiger charge is -2.21. The number of amides is 3. The second kappa shape index (κ2) is 7.26. The molecule has 1 heterocycles. The molecular formula is C19H19N3O4. The fraction of sp³-hybridized carbons (Fsp3) is 0.211. The van der Waals surface area contributed by atoms with Crippen molar-refractivity contribution in [2.75, 3.05) is 37.5 Å². The average Bonchev–Trinajstić information content (AvgIpc) is 2.73. The number of hydrogen-bond acceptors (Lipinski definition) is 4. The van der Waals surface area contributed by atoms with Gasteiger partial charge in [-0.2, -0.15) is 0 Å². The highest BCUT2D eigenvalue weighted by Gasteiger charge is 2.30. The first-order chi connectivity index (χ1) is 12.5. The van der Waals surface area contributed by atoms with Crippen molar-refractivity contribution >= 4 is 29.1 Å². The minimum atomic E-state index is -0.363. The van der Waals surface area contributed by atoms with Crippen LogP contribution >= 0.6 is 0 Å². The fourth-order valence-corrected chi connectivity index (χ4v) is 2.81. The summed E-state index contributed by atoms with van der Waals surface area (Å²) in [6.45, 7) is -0.270. The van der Waals surface area contributed by atoms with Crippen LogP contribution in [0.3, 0.4) is 0 Å². The van der Waals surface area contributed by atoms with Crippen LogP contribution in [0.5, 0.6) is 5.75 Å². The van der Waals surface area contributed by atoms with E-state index in [9.17, 15) is 14.4 Å². The maximum absolute atomic E-state index is 12.6. The number of para-hydroxylation sites is 1. The lowest BCUT2D eigenvalue weighted by Crippen LogP contribution is -2.41. The zero-order chi connectivity index (χ0) is 18.7. The number of hydrogen-bond donors (Lipinski definition) is 1. The molecule has 134 valence electrons. The highest BCUT2D eigenvalue weighted by atomic mass is 16.5. The van der Waals surface area contributed by atoms with Gasteiger partial charge < -0.3 is 19.9 Å². The summed E-state index contributed by atoms with van der Waals surface area (Å²) in [5, 5.41) is 2.75. The summed E-state index contributed by atoms with van der Waals surface area (Å²) in [5.74, 6) is -0.305. The van der Waals surface area contributed by atoms with Gasteiger partial charge in [0.2, 0.25) is 11.8 Å². The van der Waals surface area contributed by atoms with E-state index in [1.54, 1.807) is 62.7 Å². The maximum Gasteiger partial charge on any atom is 0.256 e.